The second-order valence-corrected chi connectivity index (χ2v) is 4.25. The minimum atomic E-state index is 0.192. The van der Waals surface area contributed by atoms with Crippen LogP contribution in [-0.2, 0) is 4.79 Å². The van der Waals surface area contributed by atoms with Crippen molar-refractivity contribution in [1.29, 1.82) is 0 Å². The number of hydrogen-bond acceptors (Lipinski definition) is 3. The van der Waals surface area contributed by atoms with E-state index in [2.05, 4.69) is 10.2 Å². The summed E-state index contributed by atoms with van der Waals surface area (Å²) >= 11 is 0. The van der Waals surface area contributed by atoms with Crippen molar-refractivity contribution in [2.45, 2.75) is 38.6 Å². The van der Waals surface area contributed by atoms with Crippen LogP contribution in [0.4, 0.5) is 0 Å². The maximum Gasteiger partial charge on any atom is 0.220 e. The highest BCUT2D eigenvalue weighted by atomic mass is 16.1. The van der Waals surface area contributed by atoms with Crippen molar-refractivity contribution in [1.82, 2.24) is 10.2 Å². The SMILES string of the molecule is CCCC(=O)NC1CCCN(CCN)C1. The first-order valence-electron chi connectivity index (χ1n) is 5.98. The number of carbonyl (C=O) groups is 1. The summed E-state index contributed by atoms with van der Waals surface area (Å²) in [5, 5.41) is 3.09. The number of nitrogens with one attached hydrogen (secondary N) is 1. The predicted octanol–water partition coefficient (Wildman–Crippen LogP) is 0.326. The van der Waals surface area contributed by atoms with Gasteiger partial charge in [0.25, 0.3) is 0 Å². The summed E-state index contributed by atoms with van der Waals surface area (Å²) in [5.74, 6) is 0.192. The molecule has 1 aliphatic heterocycles. The highest BCUT2D eigenvalue weighted by Crippen LogP contribution is 2.09. The first-order valence-corrected chi connectivity index (χ1v) is 5.98. The Morgan fingerprint density at radius 2 is 2.40 bits per heavy atom. The lowest BCUT2D eigenvalue weighted by molar-refractivity contribution is -0.122. The number of likely N-dealkylation sites (tertiary alicyclic amines) is 1. The molecule has 88 valence electrons. The summed E-state index contributed by atoms with van der Waals surface area (Å²) in [5.41, 5.74) is 5.52. The number of piperidine rings is 1. The van der Waals surface area contributed by atoms with Gasteiger partial charge in [0, 0.05) is 32.1 Å². The van der Waals surface area contributed by atoms with Gasteiger partial charge in [-0.1, -0.05) is 6.92 Å². The highest BCUT2D eigenvalue weighted by Gasteiger charge is 2.20. The van der Waals surface area contributed by atoms with Crippen molar-refractivity contribution in [3.63, 3.8) is 0 Å². The van der Waals surface area contributed by atoms with Gasteiger partial charge in [-0.2, -0.15) is 0 Å². The number of nitrogens with zero attached hydrogens (tertiary/aromatic N) is 1. The predicted molar refractivity (Wildman–Crippen MR) is 61.6 cm³/mol. The lowest BCUT2D eigenvalue weighted by Gasteiger charge is -2.32. The van der Waals surface area contributed by atoms with E-state index < -0.39 is 0 Å². The third-order valence-corrected chi connectivity index (χ3v) is 2.79. The van der Waals surface area contributed by atoms with E-state index in [-0.39, 0.29) is 5.91 Å². The average Bonchev–Trinajstić information content (AvgIpc) is 2.19. The standard InChI is InChI=1S/C11H23N3O/c1-2-4-11(15)13-10-5-3-7-14(9-10)8-6-12/h10H,2-9,12H2,1H3,(H,13,15). The number of amides is 1. The molecule has 3 N–H and O–H groups in total. The molecule has 1 aliphatic rings. The molecule has 4 heteroatoms. The molecule has 0 aromatic carbocycles. The van der Waals surface area contributed by atoms with Crippen LogP contribution in [0.25, 0.3) is 0 Å². The molecule has 0 bridgehead atoms. The van der Waals surface area contributed by atoms with Crippen molar-refractivity contribution in [3.8, 4) is 0 Å². The van der Waals surface area contributed by atoms with Gasteiger partial charge in [-0.05, 0) is 25.8 Å². The third-order valence-electron chi connectivity index (χ3n) is 2.79. The zero-order valence-corrected chi connectivity index (χ0v) is 9.67. The highest BCUT2D eigenvalue weighted by molar-refractivity contribution is 5.76. The van der Waals surface area contributed by atoms with Crippen LogP contribution in [0, 0.1) is 0 Å². The molecule has 15 heavy (non-hydrogen) atoms. The number of rotatable bonds is 5. The lowest BCUT2D eigenvalue weighted by atomic mass is 10.1. The molecule has 1 fully saturated rings. The second kappa shape index (κ2) is 6.80. The fraction of sp³-hybridized carbons (Fsp3) is 0.909. The molecular formula is C11H23N3O. The van der Waals surface area contributed by atoms with Gasteiger partial charge in [0.1, 0.15) is 0 Å². The molecule has 1 rings (SSSR count). The van der Waals surface area contributed by atoms with Crippen LogP contribution >= 0.6 is 0 Å². The van der Waals surface area contributed by atoms with Crippen LogP contribution in [0.3, 0.4) is 0 Å². The molecule has 0 aromatic heterocycles. The number of hydrogen-bond donors (Lipinski definition) is 2. The molecule has 1 saturated heterocycles. The van der Waals surface area contributed by atoms with Crippen molar-refractivity contribution in [2.24, 2.45) is 5.73 Å². The van der Waals surface area contributed by atoms with Crippen molar-refractivity contribution < 1.29 is 4.79 Å². The molecular weight excluding hydrogens is 190 g/mol. The zero-order chi connectivity index (χ0) is 11.1. The van der Waals surface area contributed by atoms with Gasteiger partial charge in [0.05, 0.1) is 0 Å². The first kappa shape index (κ1) is 12.5. The fourth-order valence-electron chi connectivity index (χ4n) is 2.09. The van der Waals surface area contributed by atoms with Crippen LogP contribution in [0.2, 0.25) is 0 Å². The Hall–Kier alpha value is -0.610. The smallest absolute Gasteiger partial charge is 0.220 e. The Kier molecular flexibility index (Phi) is 5.65. The summed E-state index contributed by atoms with van der Waals surface area (Å²) in [4.78, 5) is 13.8. The largest absolute Gasteiger partial charge is 0.352 e. The molecule has 0 aromatic rings. The van der Waals surface area contributed by atoms with E-state index >= 15 is 0 Å². The Morgan fingerprint density at radius 1 is 1.60 bits per heavy atom. The Balaban J connectivity index is 2.26. The summed E-state index contributed by atoms with van der Waals surface area (Å²) in [7, 11) is 0. The van der Waals surface area contributed by atoms with E-state index in [0.717, 1.165) is 38.9 Å². The Labute approximate surface area is 92.2 Å². The molecule has 1 unspecified atom stereocenters. The van der Waals surface area contributed by atoms with Gasteiger partial charge in [-0.25, -0.2) is 0 Å². The molecule has 1 amide bonds. The summed E-state index contributed by atoms with van der Waals surface area (Å²) in [6.45, 7) is 5.76. The van der Waals surface area contributed by atoms with Crippen LogP contribution in [0.5, 0.6) is 0 Å². The van der Waals surface area contributed by atoms with Crippen LogP contribution in [0.1, 0.15) is 32.6 Å². The Bertz CT molecular complexity index is 194. The zero-order valence-electron chi connectivity index (χ0n) is 9.67. The monoisotopic (exact) mass is 213 g/mol. The summed E-state index contributed by atoms with van der Waals surface area (Å²) in [6, 6.07) is 0.337. The molecule has 0 aliphatic carbocycles. The van der Waals surface area contributed by atoms with Crippen LogP contribution in [0.15, 0.2) is 0 Å². The van der Waals surface area contributed by atoms with E-state index in [0.29, 0.717) is 19.0 Å². The molecule has 1 atom stereocenters. The minimum Gasteiger partial charge on any atom is -0.352 e. The van der Waals surface area contributed by atoms with Gasteiger partial charge in [0.15, 0.2) is 0 Å². The molecule has 0 spiro atoms. The van der Waals surface area contributed by atoms with E-state index in [9.17, 15) is 4.79 Å². The quantitative estimate of drug-likeness (QED) is 0.692. The topological polar surface area (TPSA) is 58.4 Å². The van der Waals surface area contributed by atoms with Crippen molar-refractivity contribution in [3.05, 3.63) is 0 Å². The fourth-order valence-corrected chi connectivity index (χ4v) is 2.09. The summed E-state index contributed by atoms with van der Waals surface area (Å²) < 4.78 is 0. The average molecular weight is 213 g/mol. The van der Waals surface area contributed by atoms with Gasteiger partial charge >= 0.3 is 0 Å². The molecule has 4 nitrogen and oxygen atoms in total. The molecule has 1 heterocycles. The number of carbonyl (C=O) groups excluding carboxylic acids is 1. The van der Waals surface area contributed by atoms with E-state index in [1.807, 2.05) is 6.92 Å². The molecule has 0 radical (unpaired) electrons. The van der Waals surface area contributed by atoms with Gasteiger partial charge in [-0.15, -0.1) is 0 Å². The van der Waals surface area contributed by atoms with Gasteiger partial charge in [0.2, 0.25) is 5.91 Å². The summed E-state index contributed by atoms with van der Waals surface area (Å²) in [6.07, 6.45) is 3.84. The third kappa shape index (κ3) is 4.62. The van der Waals surface area contributed by atoms with E-state index in [1.54, 1.807) is 0 Å². The van der Waals surface area contributed by atoms with Gasteiger partial charge < -0.3 is 16.0 Å². The molecule has 0 saturated carbocycles. The van der Waals surface area contributed by atoms with E-state index in [1.165, 1.54) is 0 Å². The maximum atomic E-state index is 11.4. The lowest BCUT2D eigenvalue weighted by Crippen LogP contribution is -2.48. The number of nitrogens with two attached hydrogens (primary N) is 1. The van der Waals surface area contributed by atoms with Crippen LogP contribution < -0.4 is 11.1 Å². The van der Waals surface area contributed by atoms with Crippen LogP contribution in [-0.4, -0.2) is 43.0 Å². The normalized spacial score (nSPS) is 22.7. The second-order valence-electron chi connectivity index (χ2n) is 4.25. The first-order chi connectivity index (χ1) is 7.26. The minimum absolute atomic E-state index is 0.192. The Morgan fingerprint density at radius 3 is 3.07 bits per heavy atom. The van der Waals surface area contributed by atoms with Crippen molar-refractivity contribution >= 4 is 5.91 Å². The van der Waals surface area contributed by atoms with E-state index in [4.69, 9.17) is 5.73 Å². The maximum absolute atomic E-state index is 11.4. The van der Waals surface area contributed by atoms with Gasteiger partial charge in [-0.3, -0.25) is 4.79 Å². The van der Waals surface area contributed by atoms with Crippen molar-refractivity contribution in [2.75, 3.05) is 26.2 Å².